The Kier molecular flexibility index (Phi) is 7.45. The van der Waals surface area contributed by atoms with Crippen LogP contribution in [0, 0.1) is 0 Å². The standard InChI is InChI=1S/C24H34N2O5/c27-20(19-5-7-21-22(17-19)31-14-4-13-30-21)6-8-23(28)25-18-24(9-2-1-3-10-24)26-11-15-29-16-12-26/h5,7,17H,1-4,6,8-16,18H2,(H,25,28). The quantitative estimate of drug-likeness (QED) is 0.671. The van der Waals surface area contributed by atoms with Gasteiger partial charge in [0.15, 0.2) is 17.3 Å². The van der Waals surface area contributed by atoms with Gasteiger partial charge in [-0.1, -0.05) is 19.3 Å². The Hall–Kier alpha value is -2.12. The molecular formula is C24H34N2O5. The first-order chi connectivity index (χ1) is 15.2. The highest BCUT2D eigenvalue weighted by atomic mass is 16.5. The number of ketones is 1. The molecule has 1 saturated carbocycles. The number of amides is 1. The molecule has 0 spiro atoms. The average Bonchev–Trinajstić information content (AvgIpc) is 3.07. The highest BCUT2D eigenvalue weighted by Crippen LogP contribution is 2.34. The summed E-state index contributed by atoms with van der Waals surface area (Å²) in [5, 5.41) is 3.14. The van der Waals surface area contributed by atoms with Crippen molar-refractivity contribution in [3.63, 3.8) is 0 Å². The van der Waals surface area contributed by atoms with Gasteiger partial charge in [-0.25, -0.2) is 0 Å². The Labute approximate surface area is 184 Å². The maximum atomic E-state index is 12.6. The van der Waals surface area contributed by atoms with Gasteiger partial charge in [0.25, 0.3) is 0 Å². The van der Waals surface area contributed by atoms with Gasteiger partial charge in [-0.15, -0.1) is 0 Å². The van der Waals surface area contributed by atoms with Crippen molar-refractivity contribution in [2.24, 2.45) is 0 Å². The second-order valence-electron chi connectivity index (χ2n) is 8.80. The number of benzene rings is 1. The molecular weight excluding hydrogens is 396 g/mol. The largest absolute Gasteiger partial charge is 0.490 e. The van der Waals surface area contributed by atoms with Gasteiger partial charge in [0.05, 0.1) is 26.4 Å². The van der Waals surface area contributed by atoms with Gasteiger partial charge in [0.1, 0.15) is 0 Å². The van der Waals surface area contributed by atoms with Gasteiger partial charge in [0.2, 0.25) is 5.91 Å². The fourth-order valence-corrected chi connectivity index (χ4v) is 4.91. The van der Waals surface area contributed by atoms with Crippen LogP contribution in [0.5, 0.6) is 11.5 Å². The smallest absolute Gasteiger partial charge is 0.220 e. The molecule has 1 aliphatic carbocycles. The van der Waals surface area contributed by atoms with Gasteiger partial charge in [-0.2, -0.15) is 0 Å². The number of morpholine rings is 1. The predicted molar refractivity (Wildman–Crippen MR) is 117 cm³/mol. The molecule has 1 aromatic carbocycles. The van der Waals surface area contributed by atoms with E-state index in [2.05, 4.69) is 10.2 Å². The number of carbonyl (C=O) groups excluding carboxylic acids is 2. The number of nitrogens with zero attached hydrogens (tertiary/aromatic N) is 1. The lowest BCUT2D eigenvalue weighted by Gasteiger charge is -2.48. The molecule has 2 heterocycles. The lowest BCUT2D eigenvalue weighted by molar-refractivity contribution is -0.122. The number of rotatable bonds is 7. The summed E-state index contributed by atoms with van der Waals surface area (Å²) in [5.41, 5.74) is 0.602. The van der Waals surface area contributed by atoms with Crippen molar-refractivity contribution in [1.82, 2.24) is 10.2 Å². The summed E-state index contributed by atoms with van der Waals surface area (Å²) >= 11 is 0. The molecule has 1 amide bonds. The summed E-state index contributed by atoms with van der Waals surface area (Å²) in [6.45, 7) is 5.24. The van der Waals surface area contributed by atoms with Crippen molar-refractivity contribution >= 4 is 11.7 Å². The van der Waals surface area contributed by atoms with E-state index in [1.165, 1.54) is 19.3 Å². The molecule has 0 radical (unpaired) electrons. The molecule has 7 nitrogen and oxygen atoms in total. The molecule has 1 aromatic rings. The number of fused-ring (bicyclic) bond motifs is 1. The zero-order valence-electron chi connectivity index (χ0n) is 18.3. The lowest BCUT2D eigenvalue weighted by atomic mass is 9.79. The van der Waals surface area contributed by atoms with Crippen LogP contribution in [0.2, 0.25) is 0 Å². The first-order valence-electron chi connectivity index (χ1n) is 11.7. The van der Waals surface area contributed by atoms with E-state index < -0.39 is 0 Å². The van der Waals surface area contributed by atoms with E-state index in [9.17, 15) is 9.59 Å². The molecule has 2 aliphatic heterocycles. The normalized spacial score (nSPS) is 21.2. The first kappa shape index (κ1) is 22.1. The predicted octanol–water partition coefficient (Wildman–Crippen LogP) is 2.96. The number of hydrogen-bond donors (Lipinski definition) is 1. The minimum atomic E-state index is -0.0547. The Morgan fingerprint density at radius 3 is 2.42 bits per heavy atom. The molecule has 1 N–H and O–H groups in total. The van der Waals surface area contributed by atoms with Crippen LogP contribution >= 0.6 is 0 Å². The maximum absolute atomic E-state index is 12.6. The zero-order chi connectivity index (χ0) is 21.5. The maximum Gasteiger partial charge on any atom is 0.220 e. The Morgan fingerprint density at radius 2 is 1.65 bits per heavy atom. The van der Waals surface area contributed by atoms with Crippen LogP contribution in [0.1, 0.15) is 61.7 Å². The Balaban J connectivity index is 1.29. The van der Waals surface area contributed by atoms with E-state index in [0.717, 1.165) is 45.6 Å². The number of carbonyl (C=O) groups is 2. The van der Waals surface area contributed by atoms with Gasteiger partial charge < -0.3 is 19.5 Å². The lowest BCUT2D eigenvalue weighted by Crippen LogP contribution is -2.59. The Morgan fingerprint density at radius 1 is 0.903 bits per heavy atom. The summed E-state index contributed by atoms with van der Waals surface area (Å²) in [7, 11) is 0. The van der Waals surface area contributed by atoms with Crippen molar-refractivity contribution in [1.29, 1.82) is 0 Å². The fraction of sp³-hybridized carbons (Fsp3) is 0.667. The van der Waals surface area contributed by atoms with Gasteiger partial charge >= 0.3 is 0 Å². The molecule has 2 fully saturated rings. The average molecular weight is 431 g/mol. The van der Waals surface area contributed by atoms with Crippen LogP contribution < -0.4 is 14.8 Å². The monoisotopic (exact) mass is 430 g/mol. The molecule has 0 unspecified atom stereocenters. The van der Waals surface area contributed by atoms with Crippen LogP contribution in [0.3, 0.4) is 0 Å². The third-order valence-corrected chi connectivity index (χ3v) is 6.73. The molecule has 4 rings (SSSR count). The molecule has 0 aromatic heterocycles. The molecule has 170 valence electrons. The third-order valence-electron chi connectivity index (χ3n) is 6.73. The number of ether oxygens (including phenoxy) is 3. The molecule has 7 heteroatoms. The van der Waals surface area contributed by atoms with Crippen molar-refractivity contribution in [2.75, 3.05) is 46.1 Å². The summed E-state index contributed by atoms with van der Waals surface area (Å²) in [4.78, 5) is 27.7. The van der Waals surface area contributed by atoms with Crippen molar-refractivity contribution < 1.29 is 23.8 Å². The van der Waals surface area contributed by atoms with E-state index in [0.29, 0.717) is 36.8 Å². The van der Waals surface area contributed by atoms with E-state index >= 15 is 0 Å². The SMILES string of the molecule is O=C(CCC(=O)c1ccc2c(c1)OCCCO2)NCC1(N2CCOCC2)CCCCC1. The molecule has 0 atom stereocenters. The van der Waals surface area contributed by atoms with Crippen molar-refractivity contribution in [2.45, 2.75) is 56.9 Å². The third kappa shape index (κ3) is 5.57. The van der Waals surface area contributed by atoms with E-state index in [-0.39, 0.29) is 30.1 Å². The van der Waals surface area contributed by atoms with E-state index in [1.54, 1.807) is 18.2 Å². The van der Waals surface area contributed by atoms with Crippen molar-refractivity contribution in [3.05, 3.63) is 23.8 Å². The van der Waals surface area contributed by atoms with Crippen LogP contribution in [-0.4, -0.2) is 68.2 Å². The summed E-state index contributed by atoms with van der Waals surface area (Å²) in [5.74, 6) is 1.18. The zero-order valence-corrected chi connectivity index (χ0v) is 18.3. The second-order valence-corrected chi connectivity index (χ2v) is 8.80. The minimum absolute atomic E-state index is 0.0377. The van der Waals surface area contributed by atoms with E-state index in [4.69, 9.17) is 14.2 Å². The first-order valence-corrected chi connectivity index (χ1v) is 11.7. The molecule has 1 saturated heterocycles. The number of Topliss-reactive ketones (excluding diaryl/α,β-unsaturated/α-hetero) is 1. The molecule has 3 aliphatic rings. The number of nitrogens with one attached hydrogen (secondary N) is 1. The number of hydrogen-bond acceptors (Lipinski definition) is 6. The van der Waals surface area contributed by atoms with Crippen LogP contribution in [0.25, 0.3) is 0 Å². The second kappa shape index (κ2) is 10.5. The Bertz CT molecular complexity index is 769. The fourth-order valence-electron chi connectivity index (χ4n) is 4.91. The topological polar surface area (TPSA) is 77.1 Å². The van der Waals surface area contributed by atoms with Gasteiger partial charge in [-0.05, 0) is 31.0 Å². The highest BCUT2D eigenvalue weighted by Gasteiger charge is 2.38. The molecule has 0 bridgehead atoms. The highest BCUT2D eigenvalue weighted by molar-refractivity contribution is 5.98. The van der Waals surface area contributed by atoms with Gasteiger partial charge in [-0.3, -0.25) is 14.5 Å². The van der Waals surface area contributed by atoms with Crippen LogP contribution in [0.15, 0.2) is 18.2 Å². The van der Waals surface area contributed by atoms with E-state index in [1.807, 2.05) is 0 Å². The van der Waals surface area contributed by atoms with Crippen LogP contribution in [-0.2, 0) is 9.53 Å². The van der Waals surface area contributed by atoms with Crippen molar-refractivity contribution in [3.8, 4) is 11.5 Å². The molecule has 31 heavy (non-hydrogen) atoms. The van der Waals surface area contributed by atoms with Crippen LogP contribution in [0.4, 0.5) is 0 Å². The van der Waals surface area contributed by atoms with Gasteiger partial charge in [0, 0.05) is 50.0 Å². The summed E-state index contributed by atoms with van der Waals surface area (Å²) in [6, 6.07) is 5.27. The summed E-state index contributed by atoms with van der Waals surface area (Å²) in [6.07, 6.45) is 7.12. The summed E-state index contributed by atoms with van der Waals surface area (Å²) < 4.78 is 16.8. The minimum Gasteiger partial charge on any atom is -0.490 e.